The van der Waals surface area contributed by atoms with Crippen LogP contribution in [0, 0.1) is 0 Å². The molecule has 0 atom stereocenters. The lowest BCUT2D eigenvalue weighted by Gasteiger charge is -2.11. The molecule has 0 unspecified atom stereocenters. The molecule has 2 rings (SSSR count). The van der Waals surface area contributed by atoms with E-state index in [1.807, 2.05) is 0 Å². The largest absolute Gasteiger partial charge is 0.278 e. The van der Waals surface area contributed by atoms with Crippen LogP contribution < -0.4 is 4.72 Å². The molecule has 0 aliphatic carbocycles. The fraction of sp³-hybridized carbons (Fsp3) is 0. The van der Waals surface area contributed by atoms with E-state index < -0.39 is 10.0 Å². The number of benzene rings is 1. The summed E-state index contributed by atoms with van der Waals surface area (Å²) in [6, 6.07) is 6.54. The minimum absolute atomic E-state index is 0.0909. The van der Waals surface area contributed by atoms with Crippen molar-refractivity contribution >= 4 is 75.1 Å². The molecule has 0 radical (unpaired) electrons. The lowest BCUT2D eigenvalue weighted by atomic mass is 10.3. The van der Waals surface area contributed by atoms with Crippen LogP contribution in [0.4, 0.5) is 5.69 Å². The third-order valence-corrected chi connectivity index (χ3v) is 5.65. The molecule has 2 aromatic rings. The Balaban J connectivity index is 2.46. The number of hydrogen-bond acceptors (Lipinski definition) is 3. The summed E-state index contributed by atoms with van der Waals surface area (Å²) in [5.74, 6) is 0. The quantitative estimate of drug-likeness (QED) is 0.609. The van der Waals surface area contributed by atoms with Gasteiger partial charge in [-0.3, -0.25) is 4.72 Å². The highest BCUT2D eigenvalue weighted by atomic mass is 79.9. The van der Waals surface area contributed by atoms with Crippen molar-refractivity contribution in [3.05, 3.63) is 49.0 Å². The highest BCUT2D eigenvalue weighted by molar-refractivity contribution is 9.11. The van der Waals surface area contributed by atoms with E-state index in [9.17, 15) is 8.42 Å². The molecule has 106 valence electrons. The number of rotatable bonds is 3. The van der Waals surface area contributed by atoms with Gasteiger partial charge in [0.05, 0.1) is 5.69 Å². The first kappa shape index (κ1) is 16.2. The van der Waals surface area contributed by atoms with Gasteiger partial charge in [-0.25, -0.2) is 13.4 Å². The van der Waals surface area contributed by atoms with Crippen molar-refractivity contribution in [3.8, 4) is 0 Å². The van der Waals surface area contributed by atoms with Crippen molar-refractivity contribution in [2.24, 2.45) is 0 Å². The van der Waals surface area contributed by atoms with E-state index in [1.54, 1.807) is 18.2 Å². The van der Waals surface area contributed by atoms with E-state index in [4.69, 9.17) is 11.6 Å². The zero-order valence-electron chi connectivity index (χ0n) is 9.57. The van der Waals surface area contributed by atoms with Gasteiger partial charge < -0.3 is 0 Å². The standard InChI is InChI=1S/C11H6Br3ClN2O2S/c12-6-1-2-8(14)9(3-6)17-20(18,19)10-4-7(13)5-16-11(10)15/h1-5,17H. The summed E-state index contributed by atoms with van der Waals surface area (Å²) in [4.78, 5) is 3.71. The smallest absolute Gasteiger partial charge is 0.265 e. The van der Waals surface area contributed by atoms with Crippen LogP contribution in [0.15, 0.2) is 48.8 Å². The third-order valence-electron chi connectivity index (χ3n) is 2.24. The van der Waals surface area contributed by atoms with Crippen LogP contribution in [0.1, 0.15) is 0 Å². The molecule has 0 saturated heterocycles. The van der Waals surface area contributed by atoms with Gasteiger partial charge in [0.2, 0.25) is 0 Å². The van der Waals surface area contributed by atoms with E-state index in [-0.39, 0.29) is 10.0 Å². The first-order valence-electron chi connectivity index (χ1n) is 5.08. The number of anilines is 1. The molecule has 1 heterocycles. The maximum atomic E-state index is 12.3. The summed E-state index contributed by atoms with van der Waals surface area (Å²) in [6.07, 6.45) is 1.43. The summed E-state index contributed by atoms with van der Waals surface area (Å²) in [5.41, 5.74) is 0.399. The Labute approximate surface area is 146 Å². The molecule has 0 amide bonds. The number of sulfonamides is 1. The normalized spacial score (nSPS) is 11.4. The van der Waals surface area contributed by atoms with Crippen LogP contribution in [-0.4, -0.2) is 13.4 Å². The van der Waals surface area contributed by atoms with E-state index >= 15 is 0 Å². The van der Waals surface area contributed by atoms with Crippen LogP contribution in [0.3, 0.4) is 0 Å². The molecule has 1 aromatic carbocycles. The van der Waals surface area contributed by atoms with Crippen LogP contribution in [-0.2, 0) is 10.0 Å². The van der Waals surface area contributed by atoms with Crippen molar-refractivity contribution in [2.45, 2.75) is 4.90 Å². The lowest BCUT2D eigenvalue weighted by molar-refractivity contribution is 0.601. The number of pyridine rings is 1. The van der Waals surface area contributed by atoms with Gasteiger partial charge >= 0.3 is 0 Å². The van der Waals surface area contributed by atoms with E-state index in [0.29, 0.717) is 14.6 Å². The molecular weight excluding hydrogens is 499 g/mol. The van der Waals surface area contributed by atoms with Crippen LogP contribution >= 0.6 is 59.4 Å². The Hall–Kier alpha value is -0.150. The molecule has 9 heteroatoms. The second kappa shape index (κ2) is 6.31. The summed E-state index contributed by atoms with van der Waals surface area (Å²) in [5, 5.41) is -0.0909. The van der Waals surface area contributed by atoms with Crippen molar-refractivity contribution in [2.75, 3.05) is 4.72 Å². The van der Waals surface area contributed by atoms with Crippen molar-refractivity contribution in [1.82, 2.24) is 4.98 Å². The Kier molecular flexibility index (Phi) is 5.12. The predicted octanol–water partition coefficient (Wildman–Crippen LogP) is 4.82. The van der Waals surface area contributed by atoms with Crippen LogP contribution in [0.5, 0.6) is 0 Å². The van der Waals surface area contributed by atoms with E-state index in [2.05, 4.69) is 57.5 Å². The van der Waals surface area contributed by atoms with E-state index in [0.717, 1.165) is 4.47 Å². The molecule has 0 spiro atoms. The SMILES string of the molecule is O=S(=O)(Nc1cc(Br)ccc1Br)c1cc(Br)cnc1Cl. The van der Waals surface area contributed by atoms with Gasteiger partial charge in [0.25, 0.3) is 10.0 Å². The Morgan fingerprint density at radius 2 is 1.80 bits per heavy atom. The zero-order valence-corrected chi connectivity index (χ0v) is 15.9. The number of hydrogen-bond donors (Lipinski definition) is 1. The number of aromatic nitrogens is 1. The Morgan fingerprint density at radius 1 is 1.10 bits per heavy atom. The Morgan fingerprint density at radius 3 is 2.50 bits per heavy atom. The topological polar surface area (TPSA) is 59.1 Å². The van der Waals surface area contributed by atoms with Gasteiger partial charge in [-0.2, -0.15) is 0 Å². The molecule has 0 saturated carbocycles. The van der Waals surface area contributed by atoms with Crippen LogP contribution in [0.25, 0.3) is 0 Å². The van der Waals surface area contributed by atoms with Gasteiger partial charge in [-0.05, 0) is 56.1 Å². The minimum atomic E-state index is -3.83. The number of nitrogens with zero attached hydrogens (tertiary/aromatic N) is 1. The predicted molar refractivity (Wildman–Crippen MR) is 89.6 cm³/mol. The first-order valence-corrected chi connectivity index (χ1v) is 9.32. The van der Waals surface area contributed by atoms with Gasteiger partial charge in [0.15, 0.2) is 0 Å². The second-order valence-electron chi connectivity index (χ2n) is 3.67. The maximum Gasteiger partial charge on any atom is 0.265 e. The lowest BCUT2D eigenvalue weighted by Crippen LogP contribution is -2.14. The summed E-state index contributed by atoms with van der Waals surface area (Å²) in [6.45, 7) is 0. The molecule has 0 aliphatic rings. The highest BCUT2D eigenvalue weighted by Gasteiger charge is 2.20. The molecule has 1 aromatic heterocycles. The second-order valence-corrected chi connectivity index (χ2v) is 8.37. The number of halogens is 4. The molecule has 0 aliphatic heterocycles. The van der Waals surface area contributed by atoms with Crippen molar-refractivity contribution in [3.63, 3.8) is 0 Å². The minimum Gasteiger partial charge on any atom is -0.278 e. The average Bonchev–Trinajstić information content (AvgIpc) is 2.36. The molecule has 20 heavy (non-hydrogen) atoms. The van der Waals surface area contributed by atoms with Gasteiger partial charge in [-0.15, -0.1) is 0 Å². The fourth-order valence-electron chi connectivity index (χ4n) is 1.37. The average molecular weight is 505 g/mol. The molecular formula is C11H6Br3ClN2O2S. The Bertz CT molecular complexity index is 768. The van der Waals surface area contributed by atoms with E-state index in [1.165, 1.54) is 12.3 Å². The third kappa shape index (κ3) is 3.73. The molecule has 0 fully saturated rings. The van der Waals surface area contributed by atoms with Crippen molar-refractivity contribution < 1.29 is 8.42 Å². The highest BCUT2D eigenvalue weighted by Crippen LogP contribution is 2.30. The molecule has 4 nitrogen and oxygen atoms in total. The van der Waals surface area contributed by atoms with Crippen molar-refractivity contribution in [1.29, 1.82) is 0 Å². The van der Waals surface area contributed by atoms with Gasteiger partial charge in [-0.1, -0.05) is 27.5 Å². The number of nitrogens with one attached hydrogen (secondary N) is 1. The maximum absolute atomic E-state index is 12.3. The fourth-order valence-corrected chi connectivity index (χ4v) is 4.22. The van der Waals surface area contributed by atoms with Gasteiger partial charge in [0, 0.05) is 19.6 Å². The van der Waals surface area contributed by atoms with Crippen LogP contribution in [0.2, 0.25) is 5.15 Å². The summed E-state index contributed by atoms with van der Waals surface area (Å²) >= 11 is 15.6. The summed E-state index contributed by atoms with van der Waals surface area (Å²) in [7, 11) is -3.83. The molecule has 1 N–H and O–H groups in total. The monoisotopic (exact) mass is 502 g/mol. The summed E-state index contributed by atoms with van der Waals surface area (Å²) < 4.78 is 29.0. The first-order chi connectivity index (χ1) is 9.29. The van der Waals surface area contributed by atoms with Gasteiger partial charge in [0.1, 0.15) is 10.0 Å². The zero-order chi connectivity index (χ0) is 14.9. The molecule has 0 bridgehead atoms.